The summed E-state index contributed by atoms with van der Waals surface area (Å²) in [7, 11) is 0. The highest BCUT2D eigenvalue weighted by molar-refractivity contribution is 7.71. The predicted octanol–water partition coefficient (Wildman–Crippen LogP) is 2.61. The molecule has 0 bridgehead atoms. The van der Waals surface area contributed by atoms with Gasteiger partial charge in [0.15, 0.2) is 0 Å². The minimum Gasteiger partial charge on any atom is -0.288 e. The van der Waals surface area contributed by atoms with Crippen molar-refractivity contribution in [2.45, 2.75) is 20.4 Å². The molecule has 9 heavy (non-hydrogen) atoms. The lowest BCUT2D eigenvalue weighted by Crippen LogP contribution is -1.85. The van der Waals surface area contributed by atoms with E-state index in [2.05, 4.69) is 17.8 Å². The topological polar surface area (TPSA) is 4.93 Å². The van der Waals surface area contributed by atoms with E-state index >= 15 is 0 Å². The van der Waals surface area contributed by atoms with E-state index in [0.717, 1.165) is 11.2 Å². The Morgan fingerprint density at radius 2 is 2.44 bits per heavy atom. The molecule has 1 aromatic heterocycles. The van der Waals surface area contributed by atoms with Crippen LogP contribution in [-0.2, 0) is 6.54 Å². The molecule has 0 aromatic carbocycles. The van der Waals surface area contributed by atoms with E-state index in [9.17, 15) is 0 Å². The number of nitrogens with zero attached hydrogens (tertiary/aromatic N) is 1. The molecule has 0 fully saturated rings. The lowest BCUT2D eigenvalue weighted by molar-refractivity contribution is 0.828. The third-order valence-electron chi connectivity index (χ3n) is 1.11. The molecule has 1 rings (SSSR count). The average molecular weight is 159 g/mol. The third kappa shape index (κ3) is 1.40. The van der Waals surface area contributed by atoms with E-state index < -0.39 is 0 Å². The molecule has 0 saturated carbocycles. The fourth-order valence-electron chi connectivity index (χ4n) is 0.711. The number of hydrogen-bond donors (Lipinski definition) is 0. The van der Waals surface area contributed by atoms with Crippen molar-refractivity contribution >= 4 is 23.8 Å². The molecule has 0 aliphatic rings. The molecule has 1 aromatic rings. The first-order valence-corrected chi connectivity index (χ1v) is 4.10. The summed E-state index contributed by atoms with van der Waals surface area (Å²) in [6.45, 7) is 5.18. The van der Waals surface area contributed by atoms with Crippen molar-refractivity contribution in [3.8, 4) is 0 Å². The zero-order chi connectivity index (χ0) is 6.85. The lowest BCUT2D eigenvalue weighted by Gasteiger charge is -1.90. The van der Waals surface area contributed by atoms with Gasteiger partial charge >= 0.3 is 0 Å². The highest BCUT2D eigenvalue weighted by Gasteiger charge is 1.91. The van der Waals surface area contributed by atoms with Crippen molar-refractivity contribution in [2.24, 2.45) is 0 Å². The number of rotatable bonds is 1. The van der Waals surface area contributed by atoms with Crippen LogP contribution in [0.15, 0.2) is 6.07 Å². The summed E-state index contributed by atoms with van der Waals surface area (Å²) in [6.07, 6.45) is 0. The molecule has 0 amide bonds. The second kappa shape index (κ2) is 2.62. The minimum absolute atomic E-state index is 0.958. The molecular formula is C6H9NS2. The highest BCUT2D eigenvalue weighted by atomic mass is 32.1. The highest BCUT2D eigenvalue weighted by Crippen LogP contribution is 2.09. The molecule has 0 aliphatic carbocycles. The standard InChI is InChI=1S/C6H9NS2/c1-3-7-6(8)4-5(2)9-7/h4H,3H2,1-2H3. The van der Waals surface area contributed by atoms with Crippen LogP contribution in [0.25, 0.3) is 0 Å². The van der Waals surface area contributed by atoms with Crippen LogP contribution in [0.1, 0.15) is 11.8 Å². The van der Waals surface area contributed by atoms with Crippen LogP contribution >= 0.6 is 23.8 Å². The summed E-state index contributed by atoms with van der Waals surface area (Å²) in [5.74, 6) is 0. The molecule has 0 saturated heterocycles. The Morgan fingerprint density at radius 3 is 2.67 bits per heavy atom. The van der Waals surface area contributed by atoms with Crippen LogP contribution in [0.4, 0.5) is 0 Å². The van der Waals surface area contributed by atoms with Gasteiger partial charge in [0.25, 0.3) is 0 Å². The van der Waals surface area contributed by atoms with E-state index in [1.165, 1.54) is 4.88 Å². The van der Waals surface area contributed by atoms with Crippen molar-refractivity contribution in [2.75, 3.05) is 0 Å². The van der Waals surface area contributed by atoms with E-state index in [-0.39, 0.29) is 0 Å². The van der Waals surface area contributed by atoms with Crippen LogP contribution in [0, 0.1) is 11.6 Å². The second-order valence-electron chi connectivity index (χ2n) is 1.88. The number of hydrogen-bond acceptors (Lipinski definition) is 2. The zero-order valence-corrected chi connectivity index (χ0v) is 7.18. The van der Waals surface area contributed by atoms with Crippen LogP contribution in [0.5, 0.6) is 0 Å². The maximum absolute atomic E-state index is 5.05. The normalized spacial score (nSPS) is 10.0. The van der Waals surface area contributed by atoms with Gasteiger partial charge in [0, 0.05) is 11.4 Å². The smallest absolute Gasteiger partial charge is 0.116 e. The Balaban J connectivity index is 3.16. The number of aryl methyl sites for hydroxylation is 2. The summed E-state index contributed by atoms with van der Waals surface area (Å²) < 4.78 is 3.06. The van der Waals surface area contributed by atoms with Gasteiger partial charge in [-0.2, -0.15) is 0 Å². The van der Waals surface area contributed by atoms with Crippen LogP contribution in [0.3, 0.4) is 0 Å². The van der Waals surface area contributed by atoms with Crippen LogP contribution < -0.4 is 0 Å². The Labute approximate surface area is 64.1 Å². The van der Waals surface area contributed by atoms with Gasteiger partial charge in [0.2, 0.25) is 0 Å². The third-order valence-corrected chi connectivity index (χ3v) is 2.65. The van der Waals surface area contributed by atoms with Gasteiger partial charge in [-0.3, -0.25) is 3.96 Å². The fourth-order valence-corrected chi connectivity index (χ4v) is 1.99. The maximum atomic E-state index is 5.05. The van der Waals surface area contributed by atoms with E-state index in [4.69, 9.17) is 12.2 Å². The molecule has 3 heteroatoms. The van der Waals surface area contributed by atoms with Gasteiger partial charge in [-0.05, 0) is 19.9 Å². The quantitative estimate of drug-likeness (QED) is 0.570. The molecule has 50 valence electrons. The van der Waals surface area contributed by atoms with Crippen molar-refractivity contribution in [1.29, 1.82) is 0 Å². The predicted molar refractivity (Wildman–Crippen MR) is 43.6 cm³/mol. The van der Waals surface area contributed by atoms with Gasteiger partial charge < -0.3 is 0 Å². The van der Waals surface area contributed by atoms with Crippen LogP contribution in [-0.4, -0.2) is 3.96 Å². The van der Waals surface area contributed by atoms with Gasteiger partial charge in [-0.25, -0.2) is 0 Å². The van der Waals surface area contributed by atoms with E-state index in [0.29, 0.717) is 0 Å². The molecule has 0 radical (unpaired) electrons. The van der Waals surface area contributed by atoms with Crippen molar-refractivity contribution < 1.29 is 0 Å². The zero-order valence-electron chi connectivity index (χ0n) is 5.55. The Morgan fingerprint density at radius 1 is 1.78 bits per heavy atom. The Kier molecular flexibility index (Phi) is 2.03. The van der Waals surface area contributed by atoms with Crippen LogP contribution in [0.2, 0.25) is 0 Å². The first-order valence-electron chi connectivity index (χ1n) is 2.92. The molecule has 0 spiro atoms. The molecule has 0 N–H and O–H groups in total. The number of aromatic nitrogens is 1. The van der Waals surface area contributed by atoms with Crippen molar-refractivity contribution in [3.63, 3.8) is 0 Å². The second-order valence-corrected chi connectivity index (χ2v) is 3.56. The molecule has 0 atom stereocenters. The fraction of sp³-hybridized carbons (Fsp3) is 0.500. The monoisotopic (exact) mass is 159 g/mol. The first-order chi connectivity index (χ1) is 4.24. The van der Waals surface area contributed by atoms with Gasteiger partial charge in [0.05, 0.1) is 0 Å². The van der Waals surface area contributed by atoms with Gasteiger partial charge in [0.1, 0.15) is 4.64 Å². The van der Waals surface area contributed by atoms with E-state index in [1.807, 2.05) is 6.07 Å². The summed E-state index contributed by atoms with van der Waals surface area (Å²) in [5.41, 5.74) is 0. The molecule has 1 nitrogen and oxygen atoms in total. The molecule has 0 unspecified atom stereocenters. The van der Waals surface area contributed by atoms with Gasteiger partial charge in [-0.15, -0.1) is 0 Å². The summed E-state index contributed by atoms with van der Waals surface area (Å²) in [5, 5.41) is 0. The first kappa shape index (κ1) is 6.96. The average Bonchev–Trinajstić information content (AvgIpc) is 2.10. The molecule has 0 aliphatic heterocycles. The minimum atomic E-state index is 0.958. The summed E-state index contributed by atoms with van der Waals surface area (Å²) in [6, 6.07) is 2.03. The SMILES string of the molecule is CCn1sc(C)cc1=S. The lowest BCUT2D eigenvalue weighted by atomic mass is 10.5. The summed E-state index contributed by atoms with van der Waals surface area (Å²) in [4.78, 5) is 1.29. The molecular weight excluding hydrogens is 150 g/mol. The Hall–Kier alpha value is -0.150. The van der Waals surface area contributed by atoms with Crippen molar-refractivity contribution in [3.05, 3.63) is 15.6 Å². The van der Waals surface area contributed by atoms with Crippen molar-refractivity contribution in [1.82, 2.24) is 3.96 Å². The Bertz CT molecular complexity index is 246. The maximum Gasteiger partial charge on any atom is 0.116 e. The van der Waals surface area contributed by atoms with Gasteiger partial charge in [-0.1, -0.05) is 23.8 Å². The largest absolute Gasteiger partial charge is 0.288 e. The van der Waals surface area contributed by atoms with E-state index in [1.54, 1.807) is 11.5 Å². The molecule has 1 heterocycles. The summed E-state index contributed by atoms with van der Waals surface area (Å²) >= 11 is 6.77.